The summed E-state index contributed by atoms with van der Waals surface area (Å²) in [5, 5.41) is 11.1. The Morgan fingerprint density at radius 1 is 1.12 bits per heavy atom. The van der Waals surface area contributed by atoms with E-state index >= 15 is 0 Å². The number of rotatable bonds is 5. The van der Waals surface area contributed by atoms with Gasteiger partial charge in [-0.05, 0) is 29.0 Å². The predicted molar refractivity (Wildman–Crippen MR) is 105 cm³/mol. The fourth-order valence-electron chi connectivity index (χ4n) is 2.62. The highest BCUT2D eigenvalue weighted by Crippen LogP contribution is 2.31. The second-order valence-electron chi connectivity index (χ2n) is 5.61. The third-order valence-corrected chi connectivity index (χ3v) is 4.72. The number of amides is 1. The van der Waals surface area contributed by atoms with Gasteiger partial charge in [0.15, 0.2) is 0 Å². The summed E-state index contributed by atoms with van der Waals surface area (Å²) in [7, 11) is 0. The van der Waals surface area contributed by atoms with Crippen LogP contribution in [0.3, 0.4) is 0 Å². The van der Waals surface area contributed by atoms with Crippen molar-refractivity contribution >= 4 is 38.7 Å². The fraction of sp³-hybridized carbons (Fsp3) is 0.0476. The Hall–Kier alpha value is -3.10. The van der Waals surface area contributed by atoms with E-state index in [1.807, 2.05) is 66.7 Å². The first kappa shape index (κ1) is 17.7. The van der Waals surface area contributed by atoms with E-state index in [2.05, 4.69) is 15.9 Å². The third kappa shape index (κ3) is 3.76. The number of nitrogens with zero attached hydrogens (tertiary/aromatic N) is 1. The number of carbonyl (C=O) groups is 1. The van der Waals surface area contributed by atoms with Crippen molar-refractivity contribution in [3.8, 4) is 11.8 Å². The molecule has 0 unspecified atom stereocenters. The summed E-state index contributed by atoms with van der Waals surface area (Å²) < 4.78 is 6.95. The van der Waals surface area contributed by atoms with Gasteiger partial charge in [0.05, 0.1) is 0 Å². The minimum absolute atomic E-state index is 0.118. The molecular formula is C21H15BrN2O2. The van der Waals surface area contributed by atoms with Crippen LogP contribution in [0.25, 0.3) is 16.8 Å². The normalized spacial score (nSPS) is 11.2. The number of carbonyl (C=O) groups excluding carboxylic acids is 1. The molecule has 1 amide bonds. The minimum Gasteiger partial charge on any atom is -0.488 e. The summed E-state index contributed by atoms with van der Waals surface area (Å²) in [4.78, 5) is 11.5. The van der Waals surface area contributed by atoms with E-state index in [9.17, 15) is 10.1 Å². The molecule has 3 aromatic carbocycles. The Bertz CT molecular complexity index is 1050. The molecule has 0 aliphatic heterocycles. The Morgan fingerprint density at radius 2 is 1.85 bits per heavy atom. The highest BCUT2D eigenvalue weighted by atomic mass is 79.9. The lowest BCUT2D eigenvalue weighted by Gasteiger charge is -2.13. The standard InChI is InChI=1S/C21H15BrN2O2/c22-19-8-4-2-6-15(19)13-26-20-10-9-14-5-1-3-7-17(14)18(20)11-16(12-23)21(24)25/h1-11H,13H2,(H2,24,25)/b16-11+. The predicted octanol–water partition coefficient (Wildman–Crippen LogP) is 4.57. The number of primary amides is 1. The van der Waals surface area contributed by atoms with E-state index in [1.165, 1.54) is 6.08 Å². The lowest BCUT2D eigenvalue weighted by molar-refractivity contribution is -0.114. The SMILES string of the molecule is N#C/C(=C\c1c(OCc2ccccc2Br)ccc2ccccc12)C(N)=O. The molecule has 4 nitrogen and oxygen atoms in total. The van der Waals surface area contributed by atoms with Gasteiger partial charge in [0, 0.05) is 15.6 Å². The Kier molecular flexibility index (Phi) is 5.35. The first-order chi connectivity index (χ1) is 12.6. The first-order valence-corrected chi connectivity index (χ1v) is 8.69. The molecule has 5 heteroatoms. The molecule has 26 heavy (non-hydrogen) atoms. The van der Waals surface area contributed by atoms with Gasteiger partial charge in [-0.25, -0.2) is 0 Å². The average molecular weight is 407 g/mol. The zero-order valence-electron chi connectivity index (χ0n) is 13.8. The van der Waals surface area contributed by atoms with Crippen LogP contribution in [0.5, 0.6) is 5.75 Å². The minimum atomic E-state index is -0.766. The number of ether oxygens (including phenoxy) is 1. The Labute approximate surface area is 159 Å². The lowest BCUT2D eigenvalue weighted by Crippen LogP contribution is -2.12. The first-order valence-electron chi connectivity index (χ1n) is 7.89. The van der Waals surface area contributed by atoms with Crippen molar-refractivity contribution in [1.82, 2.24) is 0 Å². The summed E-state index contributed by atoms with van der Waals surface area (Å²) in [6.45, 7) is 0.346. The average Bonchev–Trinajstić information content (AvgIpc) is 2.65. The maximum atomic E-state index is 11.5. The van der Waals surface area contributed by atoms with Crippen LogP contribution >= 0.6 is 15.9 Å². The second kappa shape index (κ2) is 7.85. The molecule has 0 atom stereocenters. The molecule has 0 aliphatic rings. The largest absolute Gasteiger partial charge is 0.488 e. The van der Waals surface area contributed by atoms with Crippen molar-refractivity contribution in [3.63, 3.8) is 0 Å². The molecule has 3 aromatic rings. The van der Waals surface area contributed by atoms with E-state index < -0.39 is 5.91 Å². The fourth-order valence-corrected chi connectivity index (χ4v) is 3.02. The van der Waals surface area contributed by atoms with Crippen LogP contribution in [0, 0.1) is 11.3 Å². The number of hydrogen-bond acceptors (Lipinski definition) is 3. The number of halogens is 1. The van der Waals surface area contributed by atoms with Crippen LogP contribution in [-0.2, 0) is 11.4 Å². The molecule has 0 fully saturated rings. The molecule has 0 aromatic heterocycles. The van der Waals surface area contributed by atoms with Gasteiger partial charge in [0.1, 0.15) is 24.0 Å². The molecule has 128 valence electrons. The highest BCUT2D eigenvalue weighted by Gasteiger charge is 2.12. The molecule has 3 rings (SSSR count). The zero-order chi connectivity index (χ0) is 18.5. The second-order valence-corrected chi connectivity index (χ2v) is 6.47. The van der Waals surface area contributed by atoms with Crippen molar-refractivity contribution < 1.29 is 9.53 Å². The molecule has 0 aliphatic carbocycles. The van der Waals surface area contributed by atoms with Gasteiger partial charge in [-0.3, -0.25) is 4.79 Å². The molecular weight excluding hydrogens is 392 g/mol. The summed E-state index contributed by atoms with van der Waals surface area (Å²) >= 11 is 3.50. The summed E-state index contributed by atoms with van der Waals surface area (Å²) in [5.41, 5.74) is 6.83. The van der Waals surface area contributed by atoms with Gasteiger partial charge in [0.2, 0.25) is 0 Å². The number of benzene rings is 3. The third-order valence-electron chi connectivity index (χ3n) is 3.95. The van der Waals surface area contributed by atoms with Crippen LogP contribution in [0.2, 0.25) is 0 Å². The molecule has 2 N–H and O–H groups in total. The van der Waals surface area contributed by atoms with Gasteiger partial charge >= 0.3 is 0 Å². The van der Waals surface area contributed by atoms with Crippen molar-refractivity contribution in [2.24, 2.45) is 5.73 Å². The smallest absolute Gasteiger partial charge is 0.259 e. The molecule has 0 radical (unpaired) electrons. The van der Waals surface area contributed by atoms with Crippen molar-refractivity contribution in [2.45, 2.75) is 6.61 Å². The van der Waals surface area contributed by atoms with E-state index in [1.54, 1.807) is 0 Å². The van der Waals surface area contributed by atoms with Crippen LogP contribution in [0.1, 0.15) is 11.1 Å². The van der Waals surface area contributed by atoms with Crippen LogP contribution in [-0.4, -0.2) is 5.91 Å². The van der Waals surface area contributed by atoms with Gasteiger partial charge in [-0.2, -0.15) is 5.26 Å². The molecule has 0 bridgehead atoms. The Morgan fingerprint density at radius 3 is 2.58 bits per heavy atom. The summed E-state index contributed by atoms with van der Waals surface area (Å²) in [6.07, 6.45) is 1.49. The maximum Gasteiger partial charge on any atom is 0.259 e. The van der Waals surface area contributed by atoms with Crippen molar-refractivity contribution in [1.29, 1.82) is 5.26 Å². The van der Waals surface area contributed by atoms with Gasteiger partial charge < -0.3 is 10.5 Å². The molecule has 0 spiro atoms. The number of fused-ring (bicyclic) bond motifs is 1. The topological polar surface area (TPSA) is 76.1 Å². The van der Waals surface area contributed by atoms with Crippen LogP contribution < -0.4 is 10.5 Å². The quantitative estimate of drug-likeness (QED) is 0.497. The van der Waals surface area contributed by atoms with E-state index in [-0.39, 0.29) is 5.57 Å². The number of nitrogens with two attached hydrogens (primary N) is 1. The highest BCUT2D eigenvalue weighted by molar-refractivity contribution is 9.10. The lowest BCUT2D eigenvalue weighted by atomic mass is 10.0. The number of hydrogen-bond donors (Lipinski definition) is 1. The van der Waals surface area contributed by atoms with Gasteiger partial charge in [-0.15, -0.1) is 0 Å². The van der Waals surface area contributed by atoms with Crippen molar-refractivity contribution in [2.75, 3.05) is 0 Å². The molecule has 0 heterocycles. The maximum absolute atomic E-state index is 11.5. The van der Waals surface area contributed by atoms with Crippen LogP contribution in [0.15, 0.2) is 70.7 Å². The van der Waals surface area contributed by atoms with Gasteiger partial charge in [0.25, 0.3) is 5.91 Å². The van der Waals surface area contributed by atoms with Crippen LogP contribution in [0.4, 0.5) is 0 Å². The monoisotopic (exact) mass is 406 g/mol. The Balaban J connectivity index is 2.07. The number of nitriles is 1. The van der Waals surface area contributed by atoms with E-state index in [4.69, 9.17) is 10.5 Å². The molecule has 0 saturated carbocycles. The van der Waals surface area contributed by atoms with Crippen molar-refractivity contribution in [3.05, 3.63) is 81.8 Å². The summed E-state index contributed by atoms with van der Waals surface area (Å²) in [5.74, 6) is -0.189. The summed E-state index contributed by atoms with van der Waals surface area (Å²) in [6, 6.07) is 21.1. The van der Waals surface area contributed by atoms with E-state index in [0.29, 0.717) is 17.9 Å². The van der Waals surface area contributed by atoms with E-state index in [0.717, 1.165) is 20.8 Å². The molecule has 0 saturated heterocycles. The van der Waals surface area contributed by atoms with Gasteiger partial charge in [-0.1, -0.05) is 64.5 Å². The zero-order valence-corrected chi connectivity index (χ0v) is 15.4.